The monoisotopic (exact) mass is 656 g/mol. The van der Waals surface area contributed by atoms with Crippen molar-refractivity contribution in [2.24, 2.45) is 0 Å². The molecule has 0 bridgehead atoms. The highest BCUT2D eigenvalue weighted by Gasteiger charge is 2.21. The van der Waals surface area contributed by atoms with Crippen LogP contribution in [0.15, 0.2) is 170 Å². The van der Waals surface area contributed by atoms with E-state index in [1.54, 1.807) is 0 Å². The summed E-state index contributed by atoms with van der Waals surface area (Å²) in [6.45, 7) is 0. The van der Waals surface area contributed by atoms with Gasteiger partial charge in [0.1, 0.15) is 0 Å². The highest BCUT2D eigenvalue weighted by molar-refractivity contribution is 7.25. The van der Waals surface area contributed by atoms with Crippen LogP contribution < -0.4 is 0 Å². The molecule has 0 atom stereocenters. The standard InChI is InChI=1S/C45H28N4S/c1-3-13-29(14-4-1)30-25-27-32(28-26-30)44-46-43(31-15-5-2-6-16-31)47-45(48-44)49-37-21-9-7-17-35(37)41-33(19-11-22-38(41)49)34-20-12-24-40-42(34)36-18-8-10-23-39(36)50-40/h1-28H. The molecule has 0 fully saturated rings. The lowest BCUT2D eigenvalue weighted by Gasteiger charge is -2.12. The number of hydrogen-bond donors (Lipinski definition) is 0. The van der Waals surface area contributed by atoms with E-state index in [4.69, 9.17) is 15.0 Å². The van der Waals surface area contributed by atoms with Crippen LogP contribution in [0.25, 0.3) is 93.0 Å². The molecule has 0 aliphatic heterocycles. The fourth-order valence-electron chi connectivity index (χ4n) is 7.21. The third kappa shape index (κ3) is 4.63. The lowest BCUT2D eigenvalue weighted by molar-refractivity contribution is 0.953. The molecule has 10 aromatic rings. The van der Waals surface area contributed by atoms with Crippen LogP contribution in [0.5, 0.6) is 0 Å². The zero-order chi connectivity index (χ0) is 33.0. The molecule has 0 aliphatic rings. The predicted molar refractivity (Wildman–Crippen MR) is 209 cm³/mol. The van der Waals surface area contributed by atoms with Crippen molar-refractivity contribution in [2.45, 2.75) is 0 Å². The summed E-state index contributed by atoms with van der Waals surface area (Å²) in [5, 5.41) is 4.92. The first-order valence-corrected chi connectivity index (χ1v) is 17.5. The number of para-hydroxylation sites is 1. The van der Waals surface area contributed by atoms with Crippen LogP contribution in [-0.2, 0) is 0 Å². The maximum absolute atomic E-state index is 5.20. The van der Waals surface area contributed by atoms with E-state index in [1.807, 2.05) is 35.6 Å². The van der Waals surface area contributed by atoms with Crippen LogP contribution in [0.4, 0.5) is 0 Å². The smallest absolute Gasteiger partial charge is 0.238 e. The maximum Gasteiger partial charge on any atom is 0.238 e. The van der Waals surface area contributed by atoms with E-state index in [-0.39, 0.29) is 0 Å². The third-order valence-electron chi connectivity index (χ3n) is 9.50. The van der Waals surface area contributed by atoms with Gasteiger partial charge in [0.2, 0.25) is 5.95 Å². The summed E-state index contributed by atoms with van der Waals surface area (Å²) in [6.07, 6.45) is 0. The van der Waals surface area contributed by atoms with Crippen molar-refractivity contribution >= 4 is 53.3 Å². The van der Waals surface area contributed by atoms with Crippen molar-refractivity contribution in [3.8, 4) is 51.0 Å². The molecule has 0 amide bonds. The Kier molecular flexibility index (Phi) is 6.64. The van der Waals surface area contributed by atoms with E-state index < -0.39 is 0 Å². The summed E-state index contributed by atoms with van der Waals surface area (Å²) in [6, 6.07) is 59.6. The summed E-state index contributed by atoms with van der Waals surface area (Å²) < 4.78 is 4.79. The zero-order valence-electron chi connectivity index (χ0n) is 26.9. The van der Waals surface area contributed by atoms with Crippen LogP contribution in [0.3, 0.4) is 0 Å². The summed E-state index contributed by atoms with van der Waals surface area (Å²) >= 11 is 1.85. The van der Waals surface area contributed by atoms with E-state index in [9.17, 15) is 0 Å². The van der Waals surface area contributed by atoms with E-state index in [2.05, 4.69) is 150 Å². The Morgan fingerprint density at radius 1 is 0.360 bits per heavy atom. The average molecular weight is 657 g/mol. The predicted octanol–water partition coefficient (Wildman–Crippen LogP) is 12.0. The molecule has 50 heavy (non-hydrogen) atoms. The van der Waals surface area contributed by atoms with Gasteiger partial charge in [-0.3, -0.25) is 4.57 Å². The Labute approximate surface area is 292 Å². The van der Waals surface area contributed by atoms with Gasteiger partial charge in [0, 0.05) is 42.1 Å². The van der Waals surface area contributed by atoms with E-state index >= 15 is 0 Å². The molecular weight excluding hydrogens is 629 g/mol. The molecule has 10 rings (SSSR count). The minimum atomic E-state index is 0.587. The van der Waals surface area contributed by atoms with Gasteiger partial charge in [-0.25, -0.2) is 4.98 Å². The molecule has 4 nitrogen and oxygen atoms in total. The lowest BCUT2D eigenvalue weighted by Crippen LogP contribution is -2.06. The Balaban J connectivity index is 1.22. The second kappa shape index (κ2) is 11.6. The van der Waals surface area contributed by atoms with Gasteiger partial charge >= 0.3 is 0 Å². The van der Waals surface area contributed by atoms with Crippen molar-refractivity contribution in [1.29, 1.82) is 0 Å². The number of fused-ring (bicyclic) bond motifs is 6. The molecule has 5 heteroatoms. The first kappa shape index (κ1) is 28.6. The zero-order valence-corrected chi connectivity index (χ0v) is 27.7. The van der Waals surface area contributed by atoms with Gasteiger partial charge in [-0.2, -0.15) is 9.97 Å². The number of nitrogens with zero attached hydrogens (tertiary/aromatic N) is 4. The number of rotatable bonds is 5. The van der Waals surface area contributed by atoms with Crippen LogP contribution in [0.1, 0.15) is 0 Å². The topological polar surface area (TPSA) is 43.6 Å². The molecule has 0 spiro atoms. The summed E-state index contributed by atoms with van der Waals surface area (Å²) in [4.78, 5) is 15.4. The largest absolute Gasteiger partial charge is 0.278 e. The summed E-state index contributed by atoms with van der Waals surface area (Å²) in [5.74, 6) is 1.85. The second-order valence-electron chi connectivity index (χ2n) is 12.4. The van der Waals surface area contributed by atoms with Crippen LogP contribution >= 0.6 is 11.3 Å². The van der Waals surface area contributed by atoms with Crippen LogP contribution in [0.2, 0.25) is 0 Å². The molecule has 3 aromatic heterocycles. The van der Waals surface area contributed by atoms with Gasteiger partial charge in [0.15, 0.2) is 11.6 Å². The van der Waals surface area contributed by atoms with E-state index in [0.717, 1.165) is 33.1 Å². The molecule has 0 aliphatic carbocycles. The van der Waals surface area contributed by atoms with Gasteiger partial charge < -0.3 is 0 Å². The molecule has 0 radical (unpaired) electrons. The number of hydrogen-bond acceptors (Lipinski definition) is 4. The molecule has 0 saturated heterocycles. The average Bonchev–Trinajstić information content (AvgIpc) is 3.75. The van der Waals surface area contributed by atoms with Crippen molar-refractivity contribution < 1.29 is 0 Å². The lowest BCUT2D eigenvalue weighted by atomic mass is 9.95. The fraction of sp³-hybridized carbons (Fsp3) is 0. The Morgan fingerprint density at radius 2 is 0.880 bits per heavy atom. The van der Waals surface area contributed by atoms with Crippen molar-refractivity contribution in [2.75, 3.05) is 0 Å². The molecule has 0 N–H and O–H groups in total. The minimum Gasteiger partial charge on any atom is -0.278 e. The van der Waals surface area contributed by atoms with Gasteiger partial charge in [-0.1, -0.05) is 146 Å². The molecule has 234 valence electrons. The number of thiophene rings is 1. The maximum atomic E-state index is 5.20. The quantitative estimate of drug-likeness (QED) is 0.185. The summed E-state index contributed by atoms with van der Waals surface area (Å²) in [7, 11) is 0. The van der Waals surface area contributed by atoms with E-state index in [0.29, 0.717) is 17.6 Å². The SMILES string of the molecule is c1ccc(-c2ccc(-c3nc(-c4ccccc4)nc(-n4c5ccccc5c5c(-c6cccc7sc8ccccc8c67)cccc54)n3)cc2)cc1. The molecule has 3 heterocycles. The normalized spacial score (nSPS) is 11.6. The number of aromatic nitrogens is 4. The molecular formula is C45H28N4S. The highest BCUT2D eigenvalue weighted by atomic mass is 32.1. The van der Waals surface area contributed by atoms with Crippen molar-refractivity contribution in [1.82, 2.24) is 19.5 Å². The Bertz CT molecular complexity index is 2850. The van der Waals surface area contributed by atoms with Crippen molar-refractivity contribution in [3.63, 3.8) is 0 Å². The third-order valence-corrected chi connectivity index (χ3v) is 10.6. The molecule has 7 aromatic carbocycles. The first-order valence-electron chi connectivity index (χ1n) is 16.7. The van der Waals surface area contributed by atoms with Gasteiger partial charge in [-0.15, -0.1) is 11.3 Å². The Morgan fingerprint density at radius 3 is 1.64 bits per heavy atom. The van der Waals surface area contributed by atoms with Gasteiger partial charge in [0.05, 0.1) is 11.0 Å². The molecule has 0 saturated carbocycles. The highest BCUT2D eigenvalue weighted by Crippen LogP contribution is 2.44. The first-order chi connectivity index (χ1) is 24.8. The van der Waals surface area contributed by atoms with Crippen molar-refractivity contribution in [3.05, 3.63) is 170 Å². The fourth-order valence-corrected chi connectivity index (χ4v) is 8.34. The van der Waals surface area contributed by atoms with Crippen LogP contribution in [0, 0.1) is 0 Å². The Hall–Kier alpha value is -6.43. The van der Waals surface area contributed by atoms with Gasteiger partial charge in [-0.05, 0) is 46.5 Å². The summed E-state index contributed by atoms with van der Waals surface area (Å²) in [5.41, 5.74) is 8.72. The van der Waals surface area contributed by atoms with Crippen LogP contribution in [-0.4, -0.2) is 19.5 Å². The minimum absolute atomic E-state index is 0.587. The second-order valence-corrected chi connectivity index (χ2v) is 13.5. The number of benzene rings is 7. The molecule has 0 unspecified atom stereocenters. The van der Waals surface area contributed by atoms with E-state index in [1.165, 1.54) is 42.2 Å². The van der Waals surface area contributed by atoms with Gasteiger partial charge in [0.25, 0.3) is 0 Å².